The number of nitrogens with one attached hydrogen (secondary N) is 1. The third-order valence-electron chi connectivity index (χ3n) is 3.89. The van der Waals surface area contributed by atoms with Crippen molar-refractivity contribution in [1.82, 2.24) is 9.71 Å². The van der Waals surface area contributed by atoms with E-state index in [9.17, 15) is 13.2 Å². The fourth-order valence-electron chi connectivity index (χ4n) is 2.22. The molecule has 0 bridgehead atoms. The van der Waals surface area contributed by atoms with Crippen LogP contribution in [0.1, 0.15) is 47.8 Å². The lowest BCUT2D eigenvalue weighted by Crippen LogP contribution is -2.25. The molecular formula is C17H20N2O4S. The SMILES string of the molecule is CCC(C)c1ccc(CNS(=O)(=O)c2cccnc2C(=O)O)cc1. The van der Waals surface area contributed by atoms with Crippen molar-refractivity contribution in [3.63, 3.8) is 0 Å². The lowest BCUT2D eigenvalue weighted by atomic mass is 9.98. The molecule has 2 aromatic rings. The van der Waals surface area contributed by atoms with Crippen molar-refractivity contribution >= 4 is 16.0 Å². The average molecular weight is 348 g/mol. The Bertz CT molecular complexity index is 817. The van der Waals surface area contributed by atoms with Crippen molar-refractivity contribution in [2.24, 2.45) is 0 Å². The van der Waals surface area contributed by atoms with Crippen LogP contribution >= 0.6 is 0 Å². The van der Waals surface area contributed by atoms with Gasteiger partial charge in [-0.15, -0.1) is 0 Å². The van der Waals surface area contributed by atoms with Crippen LogP contribution in [0, 0.1) is 0 Å². The number of benzene rings is 1. The summed E-state index contributed by atoms with van der Waals surface area (Å²) >= 11 is 0. The summed E-state index contributed by atoms with van der Waals surface area (Å²) in [5, 5.41) is 9.07. The van der Waals surface area contributed by atoms with Gasteiger partial charge in [0.2, 0.25) is 10.0 Å². The molecule has 24 heavy (non-hydrogen) atoms. The number of pyridine rings is 1. The van der Waals surface area contributed by atoms with E-state index in [4.69, 9.17) is 5.11 Å². The molecule has 0 aliphatic carbocycles. The van der Waals surface area contributed by atoms with Gasteiger partial charge in [-0.25, -0.2) is 22.9 Å². The molecule has 1 aromatic carbocycles. The molecule has 0 aliphatic heterocycles. The summed E-state index contributed by atoms with van der Waals surface area (Å²) in [5.41, 5.74) is 1.51. The average Bonchev–Trinajstić information content (AvgIpc) is 2.59. The fraction of sp³-hybridized carbons (Fsp3) is 0.294. The van der Waals surface area contributed by atoms with E-state index in [2.05, 4.69) is 23.6 Å². The minimum absolute atomic E-state index is 0.0804. The van der Waals surface area contributed by atoms with Gasteiger partial charge in [-0.2, -0.15) is 0 Å². The van der Waals surface area contributed by atoms with Gasteiger partial charge in [-0.05, 0) is 35.6 Å². The third kappa shape index (κ3) is 4.18. The van der Waals surface area contributed by atoms with Gasteiger partial charge >= 0.3 is 5.97 Å². The number of hydrogen-bond donors (Lipinski definition) is 2. The minimum atomic E-state index is -3.96. The fourth-order valence-corrected chi connectivity index (χ4v) is 3.39. The zero-order chi connectivity index (χ0) is 17.7. The Morgan fingerprint density at radius 2 is 1.92 bits per heavy atom. The van der Waals surface area contributed by atoms with Crippen molar-refractivity contribution in [2.75, 3.05) is 0 Å². The molecule has 0 saturated heterocycles. The first-order valence-corrected chi connectivity index (χ1v) is 9.10. The van der Waals surface area contributed by atoms with E-state index in [-0.39, 0.29) is 11.4 Å². The van der Waals surface area contributed by atoms with Gasteiger partial charge in [-0.3, -0.25) is 0 Å². The quantitative estimate of drug-likeness (QED) is 0.802. The number of carboxylic acid groups (broad SMARTS) is 1. The first-order valence-electron chi connectivity index (χ1n) is 7.62. The van der Waals surface area contributed by atoms with E-state index in [1.54, 1.807) is 0 Å². The van der Waals surface area contributed by atoms with Gasteiger partial charge in [0.25, 0.3) is 0 Å². The molecule has 7 heteroatoms. The number of sulfonamides is 1. The van der Waals surface area contributed by atoms with E-state index < -0.39 is 21.7 Å². The predicted molar refractivity (Wildman–Crippen MR) is 90.4 cm³/mol. The minimum Gasteiger partial charge on any atom is -0.476 e. The lowest BCUT2D eigenvalue weighted by Gasteiger charge is -2.11. The van der Waals surface area contributed by atoms with Gasteiger partial charge in [0.05, 0.1) is 0 Å². The molecule has 1 aromatic heterocycles. The topological polar surface area (TPSA) is 96.4 Å². The highest BCUT2D eigenvalue weighted by Crippen LogP contribution is 2.19. The maximum absolute atomic E-state index is 12.3. The maximum Gasteiger partial charge on any atom is 0.355 e. The summed E-state index contributed by atoms with van der Waals surface area (Å²) in [6.45, 7) is 4.32. The smallest absolute Gasteiger partial charge is 0.355 e. The normalized spacial score (nSPS) is 12.8. The molecule has 2 rings (SSSR count). The largest absolute Gasteiger partial charge is 0.476 e. The Kier molecular flexibility index (Phi) is 5.69. The maximum atomic E-state index is 12.3. The van der Waals surface area contributed by atoms with Crippen molar-refractivity contribution in [2.45, 2.75) is 37.6 Å². The molecule has 1 unspecified atom stereocenters. The highest BCUT2D eigenvalue weighted by molar-refractivity contribution is 7.89. The highest BCUT2D eigenvalue weighted by atomic mass is 32.2. The summed E-state index contributed by atoms with van der Waals surface area (Å²) in [6, 6.07) is 10.3. The Hall–Kier alpha value is -2.25. The first kappa shape index (κ1) is 18.1. The van der Waals surface area contributed by atoms with Crippen molar-refractivity contribution < 1.29 is 18.3 Å². The van der Waals surface area contributed by atoms with Crippen LogP contribution in [0.3, 0.4) is 0 Å². The van der Waals surface area contributed by atoms with E-state index in [0.29, 0.717) is 5.92 Å². The summed E-state index contributed by atoms with van der Waals surface area (Å²) in [7, 11) is -3.96. The number of carboxylic acids is 1. The second-order valence-electron chi connectivity index (χ2n) is 5.53. The molecule has 0 radical (unpaired) electrons. The zero-order valence-electron chi connectivity index (χ0n) is 13.6. The Labute approximate surface area is 141 Å². The molecule has 0 aliphatic rings. The van der Waals surface area contributed by atoms with Crippen LogP contribution < -0.4 is 4.72 Å². The van der Waals surface area contributed by atoms with E-state index in [1.807, 2.05) is 24.3 Å². The van der Waals surface area contributed by atoms with Gasteiger partial charge in [0.1, 0.15) is 4.90 Å². The van der Waals surface area contributed by atoms with Crippen molar-refractivity contribution in [3.05, 3.63) is 59.4 Å². The number of rotatable bonds is 7. The molecule has 6 nitrogen and oxygen atoms in total. The number of aromatic nitrogens is 1. The summed E-state index contributed by atoms with van der Waals surface area (Å²) < 4.78 is 27.1. The molecular weight excluding hydrogens is 328 g/mol. The van der Waals surface area contributed by atoms with Gasteiger partial charge < -0.3 is 5.11 Å². The number of nitrogens with zero attached hydrogens (tertiary/aromatic N) is 1. The predicted octanol–water partition coefficient (Wildman–Crippen LogP) is 2.77. The standard InChI is InChI=1S/C17H20N2O4S/c1-3-12(2)14-8-6-13(7-9-14)11-19-24(22,23)15-5-4-10-18-16(15)17(20)21/h4-10,12,19H,3,11H2,1-2H3,(H,20,21). The van der Waals surface area contributed by atoms with Crippen LogP contribution in [0.5, 0.6) is 0 Å². The van der Waals surface area contributed by atoms with Crippen LogP contribution in [0.25, 0.3) is 0 Å². The Morgan fingerprint density at radius 1 is 1.25 bits per heavy atom. The first-order chi connectivity index (χ1) is 11.3. The third-order valence-corrected chi connectivity index (χ3v) is 5.32. The van der Waals surface area contributed by atoms with Gasteiger partial charge in [0.15, 0.2) is 5.69 Å². The summed E-state index contributed by atoms with van der Waals surface area (Å²) in [4.78, 5) is 14.4. The number of aromatic carboxylic acids is 1. The zero-order valence-corrected chi connectivity index (χ0v) is 14.4. The van der Waals surface area contributed by atoms with Crippen molar-refractivity contribution in [1.29, 1.82) is 0 Å². The van der Waals surface area contributed by atoms with Gasteiger partial charge in [0, 0.05) is 12.7 Å². The molecule has 2 N–H and O–H groups in total. The molecule has 0 fully saturated rings. The number of hydrogen-bond acceptors (Lipinski definition) is 4. The highest BCUT2D eigenvalue weighted by Gasteiger charge is 2.22. The molecule has 0 amide bonds. The van der Waals surface area contributed by atoms with E-state index >= 15 is 0 Å². The Morgan fingerprint density at radius 3 is 2.50 bits per heavy atom. The van der Waals surface area contributed by atoms with Crippen LogP contribution in [0.4, 0.5) is 0 Å². The van der Waals surface area contributed by atoms with Crippen LogP contribution in [0.2, 0.25) is 0 Å². The second-order valence-corrected chi connectivity index (χ2v) is 7.27. The van der Waals surface area contributed by atoms with Crippen LogP contribution in [-0.4, -0.2) is 24.5 Å². The molecule has 1 heterocycles. The Balaban J connectivity index is 2.15. The molecule has 0 saturated carbocycles. The summed E-state index contributed by atoms with van der Waals surface area (Å²) in [6.07, 6.45) is 2.28. The second kappa shape index (κ2) is 7.55. The van der Waals surface area contributed by atoms with E-state index in [1.165, 1.54) is 23.9 Å². The van der Waals surface area contributed by atoms with E-state index in [0.717, 1.165) is 12.0 Å². The molecule has 0 spiro atoms. The number of carbonyl (C=O) groups is 1. The van der Waals surface area contributed by atoms with Gasteiger partial charge in [-0.1, -0.05) is 38.1 Å². The lowest BCUT2D eigenvalue weighted by molar-refractivity contribution is 0.0685. The van der Waals surface area contributed by atoms with Crippen molar-refractivity contribution in [3.8, 4) is 0 Å². The van der Waals surface area contributed by atoms with Crippen LogP contribution in [0.15, 0.2) is 47.5 Å². The summed E-state index contributed by atoms with van der Waals surface area (Å²) in [5.74, 6) is -0.932. The molecule has 128 valence electrons. The monoisotopic (exact) mass is 348 g/mol. The van der Waals surface area contributed by atoms with Crippen LogP contribution in [-0.2, 0) is 16.6 Å². The molecule has 1 atom stereocenters.